The number of nitrogens with zero attached hydrogens (tertiary/aromatic N) is 3. The third-order valence-corrected chi connectivity index (χ3v) is 8.00. The van der Waals surface area contributed by atoms with Gasteiger partial charge in [-0.1, -0.05) is 17.3 Å². The monoisotopic (exact) mass is 405 g/mol. The number of carbonyl (C=O) groups is 1. The van der Waals surface area contributed by atoms with Crippen LogP contribution >= 0.6 is 0 Å². The molecule has 0 unspecified atom stereocenters. The molecule has 2 aromatic rings. The van der Waals surface area contributed by atoms with E-state index in [9.17, 15) is 13.2 Å². The minimum atomic E-state index is -3.40. The van der Waals surface area contributed by atoms with Gasteiger partial charge in [-0.15, -0.1) is 0 Å². The zero-order valence-corrected chi connectivity index (χ0v) is 16.5. The Bertz CT molecular complexity index is 927. The Morgan fingerprint density at radius 2 is 1.96 bits per heavy atom. The number of ether oxygens (including phenoxy) is 1. The van der Waals surface area contributed by atoms with Gasteiger partial charge in [0.1, 0.15) is 5.75 Å². The molecule has 150 valence electrons. The summed E-state index contributed by atoms with van der Waals surface area (Å²) in [7, 11) is -1.80. The van der Waals surface area contributed by atoms with E-state index in [1.807, 2.05) is 24.3 Å². The Labute approximate surface area is 164 Å². The van der Waals surface area contributed by atoms with Crippen LogP contribution in [0.15, 0.2) is 41.1 Å². The molecule has 0 saturated carbocycles. The van der Waals surface area contributed by atoms with Crippen LogP contribution in [0.3, 0.4) is 0 Å². The molecule has 9 heteroatoms. The van der Waals surface area contributed by atoms with Crippen molar-refractivity contribution < 1.29 is 22.5 Å². The standard InChI is InChI=1S/C19H23N3O5S/c1-26-16-4-2-14(3-5-16)12-22-13-15-7-10-21(11-8-18(15)28(22,24)25)19(23)17-6-9-20-27-17/h2-6,9,15,18H,7-8,10-13H2,1H3/t15-,18+/m0/s1. The molecule has 0 radical (unpaired) electrons. The first-order chi connectivity index (χ1) is 13.5. The molecule has 28 heavy (non-hydrogen) atoms. The van der Waals surface area contributed by atoms with E-state index in [-0.39, 0.29) is 17.6 Å². The van der Waals surface area contributed by atoms with E-state index in [0.717, 1.165) is 11.3 Å². The van der Waals surface area contributed by atoms with Crippen LogP contribution in [0.5, 0.6) is 5.75 Å². The van der Waals surface area contributed by atoms with Gasteiger partial charge < -0.3 is 14.2 Å². The van der Waals surface area contributed by atoms with E-state index in [1.165, 1.54) is 12.3 Å². The molecule has 4 rings (SSSR count). The molecule has 3 heterocycles. The van der Waals surface area contributed by atoms with Crippen LogP contribution < -0.4 is 4.74 Å². The van der Waals surface area contributed by atoms with E-state index < -0.39 is 15.3 Å². The number of fused-ring (bicyclic) bond motifs is 1. The second kappa shape index (κ2) is 7.56. The molecule has 1 aromatic heterocycles. The van der Waals surface area contributed by atoms with E-state index in [4.69, 9.17) is 9.26 Å². The number of sulfonamides is 1. The highest BCUT2D eigenvalue weighted by atomic mass is 32.2. The van der Waals surface area contributed by atoms with Gasteiger partial charge in [0.15, 0.2) is 0 Å². The molecule has 1 amide bonds. The molecular weight excluding hydrogens is 382 g/mol. The molecule has 0 spiro atoms. The fraction of sp³-hybridized carbons (Fsp3) is 0.474. The van der Waals surface area contributed by atoms with Crippen LogP contribution in [0.25, 0.3) is 0 Å². The lowest BCUT2D eigenvalue weighted by molar-refractivity contribution is 0.0717. The maximum absolute atomic E-state index is 13.1. The molecule has 8 nitrogen and oxygen atoms in total. The van der Waals surface area contributed by atoms with E-state index in [2.05, 4.69) is 5.16 Å². The number of rotatable bonds is 4. The summed E-state index contributed by atoms with van der Waals surface area (Å²) in [5.41, 5.74) is 0.933. The van der Waals surface area contributed by atoms with E-state index >= 15 is 0 Å². The number of aromatic nitrogens is 1. The molecule has 1 aromatic carbocycles. The number of carbonyl (C=O) groups excluding carboxylic acids is 1. The van der Waals surface area contributed by atoms with Gasteiger partial charge in [0.05, 0.1) is 18.6 Å². The van der Waals surface area contributed by atoms with Crippen LogP contribution in [0.1, 0.15) is 29.0 Å². The maximum atomic E-state index is 13.1. The first kappa shape index (κ1) is 18.9. The summed E-state index contributed by atoms with van der Waals surface area (Å²) in [6.07, 6.45) is 2.52. The molecule has 2 saturated heterocycles. The first-order valence-corrected chi connectivity index (χ1v) is 10.8. The Balaban J connectivity index is 1.44. The summed E-state index contributed by atoms with van der Waals surface area (Å²) in [5.74, 6) is 0.728. The van der Waals surface area contributed by atoms with Crippen molar-refractivity contribution in [2.45, 2.75) is 24.6 Å². The second-order valence-electron chi connectivity index (χ2n) is 7.23. The highest BCUT2D eigenvalue weighted by Crippen LogP contribution is 2.35. The summed E-state index contributed by atoms with van der Waals surface area (Å²) in [4.78, 5) is 14.1. The minimum Gasteiger partial charge on any atom is -0.497 e. The zero-order chi connectivity index (χ0) is 19.7. The summed E-state index contributed by atoms with van der Waals surface area (Å²) in [5, 5.41) is 3.12. The van der Waals surface area contributed by atoms with Crippen LogP contribution in [-0.2, 0) is 16.6 Å². The molecule has 0 N–H and O–H groups in total. The number of benzene rings is 1. The molecule has 2 fully saturated rings. The number of hydrogen-bond acceptors (Lipinski definition) is 6. The Hall–Kier alpha value is -2.39. The van der Waals surface area contributed by atoms with Crippen molar-refractivity contribution in [1.82, 2.24) is 14.4 Å². The lowest BCUT2D eigenvalue weighted by Crippen LogP contribution is -2.34. The highest BCUT2D eigenvalue weighted by molar-refractivity contribution is 7.90. The third kappa shape index (κ3) is 3.51. The smallest absolute Gasteiger partial charge is 0.292 e. The maximum Gasteiger partial charge on any atom is 0.292 e. The molecule has 2 atom stereocenters. The van der Waals surface area contributed by atoms with Crippen molar-refractivity contribution in [2.75, 3.05) is 26.7 Å². The van der Waals surface area contributed by atoms with E-state index in [1.54, 1.807) is 16.3 Å². The summed E-state index contributed by atoms with van der Waals surface area (Å²) in [6, 6.07) is 8.98. The average molecular weight is 405 g/mol. The van der Waals surface area contributed by atoms with Crippen molar-refractivity contribution in [3.63, 3.8) is 0 Å². The van der Waals surface area contributed by atoms with Gasteiger partial charge in [-0.25, -0.2) is 8.42 Å². The quantitative estimate of drug-likeness (QED) is 0.769. The van der Waals surface area contributed by atoms with Gasteiger partial charge in [-0.2, -0.15) is 4.31 Å². The predicted octanol–water partition coefficient (Wildman–Crippen LogP) is 1.75. The Morgan fingerprint density at radius 1 is 1.21 bits per heavy atom. The lowest BCUT2D eigenvalue weighted by atomic mass is 10.0. The molecule has 2 aliphatic rings. The van der Waals surface area contributed by atoms with E-state index in [0.29, 0.717) is 39.0 Å². The third-order valence-electron chi connectivity index (χ3n) is 5.61. The van der Waals surface area contributed by atoms with Crippen LogP contribution in [0.4, 0.5) is 0 Å². The summed E-state index contributed by atoms with van der Waals surface area (Å²) < 4.78 is 37.8. The zero-order valence-electron chi connectivity index (χ0n) is 15.7. The average Bonchev–Trinajstić information content (AvgIpc) is 3.24. The van der Waals surface area contributed by atoms with Gasteiger partial charge in [0.2, 0.25) is 15.8 Å². The van der Waals surface area contributed by atoms with Gasteiger partial charge in [-0.05, 0) is 36.5 Å². The fourth-order valence-corrected chi connectivity index (χ4v) is 6.29. The summed E-state index contributed by atoms with van der Waals surface area (Å²) >= 11 is 0. The number of hydrogen-bond donors (Lipinski definition) is 0. The summed E-state index contributed by atoms with van der Waals surface area (Å²) in [6.45, 7) is 1.77. The normalized spacial score (nSPS) is 24.5. The molecule has 0 bridgehead atoms. The van der Waals surface area contributed by atoms with Crippen LogP contribution in [0.2, 0.25) is 0 Å². The van der Waals surface area contributed by atoms with Gasteiger partial charge in [-0.3, -0.25) is 4.79 Å². The van der Waals surface area contributed by atoms with Crippen LogP contribution in [0, 0.1) is 5.92 Å². The molecule has 0 aliphatic carbocycles. The first-order valence-electron chi connectivity index (χ1n) is 9.31. The number of likely N-dealkylation sites (tertiary alicyclic amines) is 1. The van der Waals surface area contributed by atoms with Crippen molar-refractivity contribution in [3.8, 4) is 5.75 Å². The molecule has 2 aliphatic heterocycles. The second-order valence-corrected chi connectivity index (χ2v) is 9.38. The topological polar surface area (TPSA) is 92.9 Å². The van der Waals surface area contributed by atoms with Crippen molar-refractivity contribution in [3.05, 3.63) is 47.9 Å². The SMILES string of the molecule is COc1ccc(CN2C[C@@H]3CCN(C(=O)c4ccno4)CC[C@H]3S2(=O)=O)cc1. The number of amides is 1. The Kier molecular flexibility index (Phi) is 5.11. The van der Waals surface area contributed by atoms with Crippen molar-refractivity contribution in [1.29, 1.82) is 0 Å². The lowest BCUT2D eigenvalue weighted by Gasteiger charge is -2.21. The highest BCUT2D eigenvalue weighted by Gasteiger charge is 2.47. The number of methoxy groups -OCH3 is 1. The van der Waals surface area contributed by atoms with Crippen molar-refractivity contribution >= 4 is 15.9 Å². The fourth-order valence-electron chi connectivity index (χ4n) is 4.07. The molecular formula is C19H23N3O5S. The minimum absolute atomic E-state index is 0.0239. The predicted molar refractivity (Wildman–Crippen MR) is 101 cm³/mol. The van der Waals surface area contributed by atoms with Crippen molar-refractivity contribution in [2.24, 2.45) is 5.92 Å². The van der Waals surface area contributed by atoms with Crippen LogP contribution in [-0.4, -0.2) is 60.7 Å². The Morgan fingerprint density at radius 3 is 2.64 bits per heavy atom. The van der Waals surface area contributed by atoms with Gasteiger partial charge >= 0.3 is 0 Å². The van der Waals surface area contributed by atoms with Gasteiger partial charge in [0.25, 0.3) is 5.91 Å². The van der Waals surface area contributed by atoms with Gasteiger partial charge in [0, 0.05) is 32.2 Å². The largest absolute Gasteiger partial charge is 0.497 e.